The van der Waals surface area contributed by atoms with Crippen LogP contribution >= 0.6 is 23.2 Å². The van der Waals surface area contributed by atoms with E-state index in [9.17, 15) is 4.79 Å². The molecule has 0 saturated carbocycles. The Morgan fingerprint density at radius 1 is 1.28 bits per heavy atom. The Morgan fingerprint density at radius 3 is 2.78 bits per heavy atom. The van der Waals surface area contributed by atoms with Crippen molar-refractivity contribution >= 4 is 29.2 Å². The summed E-state index contributed by atoms with van der Waals surface area (Å²) in [6.45, 7) is 1.88. The van der Waals surface area contributed by atoms with Crippen molar-refractivity contribution in [3.63, 3.8) is 0 Å². The molecule has 0 aliphatic carbocycles. The van der Waals surface area contributed by atoms with Crippen molar-refractivity contribution in [1.82, 2.24) is 4.98 Å². The van der Waals surface area contributed by atoms with Crippen LogP contribution < -0.4 is 4.74 Å². The molecule has 3 nitrogen and oxygen atoms in total. The Labute approximate surface area is 114 Å². The third-order valence-electron chi connectivity index (χ3n) is 2.27. The number of ether oxygens (including phenoxy) is 1. The monoisotopic (exact) mass is 281 g/mol. The summed E-state index contributed by atoms with van der Waals surface area (Å²) in [4.78, 5) is 15.7. The van der Waals surface area contributed by atoms with E-state index >= 15 is 0 Å². The van der Waals surface area contributed by atoms with Gasteiger partial charge in [-0.2, -0.15) is 0 Å². The van der Waals surface area contributed by atoms with Crippen molar-refractivity contribution in [2.75, 3.05) is 0 Å². The van der Waals surface area contributed by atoms with Crippen LogP contribution in [0.15, 0.2) is 36.5 Å². The third-order valence-corrected chi connectivity index (χ3v) is 2.88. The Morgan fingerprint density at radius 2 is 2.06 bits per heavy atom. The normalized spacial score (nSPS) is 10.2. The summed E-state index contributed by atoms with van der Waals surface area (Å²) in [6, 6.07) is 8.34. The molecule has 0 amide bonds. The first-order valence-corrected chi connectivity index (χ1v) is 5.92. The highest BCUT2D eigenvalue weighted by Crippen LogP contribution is 2.26. The van der Waals surface area contributed by atoms with E-state index in [2.05, 4.69) is 4.98 Å². The molecule has 2 rings (SSSR count). The van der Waals surface area contributed by atoms with Crippen LogP contribution in [-0.2, 0) is 0 Å². The van der Waals surface area contributed by atoms with Crippen molar-refractivity contribution in [1.29, 1.82) is 0 Å². The highest BCUT2D eigenvalue weighted by atomic mass is 35.5. The molecule has 0 atom stereocenters. The number of carbonyl (C=O) groups excluding carboxylic acids is 1. The van der Waals surface area contributed by atoms with Gasteiger partial charge in [0.05, 0.1) is 10.6 Å². The van der Waals surface area contributed by atoms with Gasteiger partial charge in [0, 0.05) is 6.20 Å². The van der Waals surface area contributed by atoms with E-state index in [-0.39, 0.29) is 10.7 Å². The molecule has 2 aromatic rings. The Hall–Kier alpha value is -1.58. The fourth-order valence-corrected chi connectivity index (χ4v) is 1.73. The van der Waals surface area contributed by atoms with E-state index in [4.69, 9.17) is 27.9 Å². The third kappa shape index (κ3) is 2.81. The lowest BCUT2D eigenvalue weighted by Crippen LogP contribution is -2.10. The molecule has 0 fully saturated rings. The fraction of sp³-hybridized carbons (Fsp3) is 0.0769. The van der Waals surface area contributed by atoms with Gasteiger partial charge in [-0.15, -0.1) is 0 Å². The number of aryl methyl sites for hydroxylation is 1. The largest absolute Gasteiger partial charge is 0.421 e. The SMILES string of the molecule is Cc1ccc(Cl)c(OC(=O)c2cccnc2Cl)c1. The van der Waals surface area contributed by atoms with E-state index in [0.717, 1.165) is 5.56 Å². The smallest absolute Gasteiger partial charge is 0.346 e. The average Bonchev–Trinajstić information content (AvgIpc) is 2.34. The van der Waals surface area contributed by atoms with Gasteiger partial charge < -0.3 is 4.74 Å². The van der Waals surface area contributed by atoms with Crippen molar-refractivity contribution in [2.24, 2.45) is 0 Å². The molecule has 0 bridgehead atoms. The maximum absolute atomic E-state index is 11.9. The standard InChI is InChI=1S/C13H9Cl2NO2/c1-8-4-5-10(14)11(7-8)18-13(17)9-3-2-6-16-12(9)15/h2-7H,1H3. The van der Waals surface area contributed by atoms with Crippen molar-refractivity contribution in [2.45, 2.75) is 6.92 Å². The van der Waals surface area contributed by atoms with Crippen LogP contribution in [0.2, 0.25) is 10.2 Å². The van der Waals surface area contributed by atoms with Crippen molar-refractivity contribution < 1.29 is 9.53 Å². The van der Waals surface area contributed by atoms with Crippen molar-refractivity contribution in [3.05, 3.63) is 57.8 Å². The van der Waals surface area contributed by atoms with Crippen LogP contribution in [0.5, 0.6) is 5.75 Å². The molecular formula is C13H9Cl2NO2. The first-order chi connectivity index (χ1) is 8.58. The molecule has 0 aliphatic rings. The van der Waals surface area contributed by atoms with Crippen LogP contribution in [0, 0.1) is 6.92 Å². The molecule has 0 N–H and O–H groups in total. The Balaban J connectivity index is 2.27. The molecule has 0 spiro atoms. The number of halogens is 2. The minimum atomic E-state index is -0.583. The molecular weight excluding hydrogens is 273 g/mol. The predicted octanol–water partition coefficient (Wildman–Crippen LogP) is 3.92. The molecule has 0 unspecified atom stereocenters. The molecule has 0 aliphatic heterocycles. The summed E-state index contributed by atoms with van der Waals surface area (Å²) in [5, 5.41) is 0.472. The van der Waals surface area contributed by atoms with Crippen molar-refractivity contribution in [3.8, 4) is 5.75 Å². The van der Waals surface area contributed by atoms with Gasteiger partial charge in [0.15, 0.2) is 0 Å². The number of carbonyl (C=O) groups is 1. The van der Waals surface area contributed by atoms with Gasteiger partial charge in [-0.05, 0) is 36.8 Å². The van der Waals surface area contributed by atoms with Gasteiger partial charge in [0.1, 0.15) is 10.9 Å². The number of pyridine rings is 1. The number of aromatic nitrogens is 1. The van der Waals surface area contributed by atoms with E-state index in [1.54, 1.807) is 24.3 Å². The quantitative estimate of drug-likeness (QED) is 0.476. The maximum atomic E-state index is 11.9. The highest BCUT2D eigenvalue weighted by Gasteiger charge is 2.14. The molecule has 1 heterocycles. The first-order valence-electron chi connectivity index (χ1n) is 5.17. The molecule has 0 radical (unpaired) electrons. The lowest BCUT2D eigenvalue weighted by molar-refractivity contribution is 0.0734. The van der Waals surface area contributed by atoms with E-state index in [1.807, 2.05) is 13.0 Å². The predicted molar refractivity (Wildman–Crippen MR) is 70.4 cm³/mol. The zero-order valence-electron chi connectivity index (χ0n) is 9.48. The number of hydrogen-bond acceptors (Lipinski definition) is 3. The zero-order chi connectivity index (χ0) is 13.1. The van der Waals surface area contributed by atoms with Crippen LogP contribution in [0.3, 0.4) is 0 Å². The summed E-state index contributed by atoms with van der Waals surface area (Å²) < 4.78 is 5.20. The minimum Gasteiger partial charge on any atom is -0.421 e. The Bertz CT molecular complexity index is 599. The minimum absolute atomic E-state index is 0.103. The lowest BCUT2D eigenvalue weighted by atomic mass is 10.2. The molecule has 92 valence electrons. The second-order valence-corrected chi connectivity index (χ2v) is 4.43. The topological polar surface area (TPSA) is 39.2 Å². The van der Waals surface area contributed by atoms with Gasteiger partial charge >= 0.3 is 5.97 Å². The molecule has 1 aromatic heterocycles. The summed E-state index contributed by atoms with van der Waals surface area (Å²) in [5.74, 6) is -0.276. The van der Waals surface area contributed by atoms with Gasteiger partial charge in [-0.3, -0.25) is 0 Å². The Kier molecular flexibility index (Phi) is 3.84. The summed E-state index contributed by atoms with van der Waals surface area (Å²) in [5.41, 5.74) is 1.15. The average molecular weight is 282 g/mol. The second-order valence-electron chi connectivity index (χ2n) is 3.67. The number of hydrogen-bond donors (Lipinski definition) is 0. The number of benzene rings is 1. The van der Waals surface area contributed by atoms with E-state index < -0.39 is 5.97 Å². The summed E-state index contributed by atoms with van der Waals surface area (Å²) in [7, 11) is 0. The van der Waals surface area contributed by atoms with Gasteiger partial charge in [0.25, 0.3) is 0 Å². The molecule has 18 heavy (non-hydrogen) atoms. The molecule has 5 heteroatoms. The van der Waals surface area contributed by atoms with E-state index in [1.165, 1.54) is 6.20 Å². The van der Waals surface area contributed by atoms with Crippen LogP contribution in [-0.4, -0.2) is 11.0 Å². The number of nitrogens with zero attached hydrogens (tertiary/aromatic N) is 1. The summed E-state index contributed by atoms with van der Waals surface area (Å²) in [6.07, 6.45) is 1.50. The molecule has 1 aromatic carbocycles. The van der Waals surface area contributed by atoms with Gasteiger partial charge in [-0.1, -0.05) is 29.3 Å². The number of esters is 1. The van der Waals surface area contributed by atoms with Gasteiger partial charge in [-0.25, -0.2) is 9.78 Å². The fourth-order valence-electron chi connectivity index (χ4n) is 1.38. The maximum Gasteiger partial charge on any atom is 0.346 e. The van der Waals surface area contributed by atoms with Crippen LogP contribution in [0.1, 0.15) is 15.9 Å². The highest BCUT2D eigenvalue weighted by molar-refractivity contribution is 6.33. The summed E-state index contributed by atoms with van der Waals surface area (Å²) >= 11 is 11.8. The lowest BCUT2D eigenvalue weighted by Gasteiger charge is -2.07. The zero-order valence-corrected chi connectivity index (χ0v) is 11.0. The van der Waals surface area contributed by atoms with Gasteiger partial charge in [0.2, 0.25) is 0 Å². The van der Waals surface area contributed by atoms with Crippen LogP contribution in [0.4, 0.5) is 0 Å². The van der Waals surface area contributed by atoms with Crippen LogP contribution in [0.25, 0.3) is 0 Å². The van der Waals surface area contributed by atoms with E-state index in [0.29, 0.717) is 10.8 Å². The number of rotatable bonds is 2. The second kappa shape index (κ2) is 5.38. The first kappa shape index (κ1) is 12.9. The molecule has 0 saturated heterocycles.